The summed E-state index contributed by atoms with van der Waals surface area (Å²) in [5.41, 5.74) is 2.06. The molecule has 1 N–H and O–H groups in total. The van der Waals surface area contributed by atoms with Crippen LogP contribution in [0.15, 0.2) is 24.9 Å². The summed E-state index contributed by atoms with van der Waals surface area (Å²) in [4.78, 5) is 20.9. The van der Waals surface area contributed by atoms with E-state index >= 15 is 0 Å². The lowest BCUT2D eigenvalue weighted by atomic mass is 9.93. The number of likely N-dealkylation sites (tertiary alicyclic amines) is 1. The predicted octanol–water partition coefficient (Wildman–Crippen LogP) is 1.59. The second-order valence-electron chi connectivity index (χ2n) is 4.54. The monoisotopic (exact) mass is 246 g/mol. The van der Waals surface area contributed by atoms with Gasteiger partial charge in [-0.05, 0) is 12.8 Å². The quantitative estimate of drug-likeness (QED) is 0.829. The second kappa shape index (κ2) is 4.29. The summed E-state index contributed by atoms with van der Waals surface area (Å²) in [6.45, 7) is 1.17. The lowest BCUT2D eigenvalue weighted by Gasteiger charge is -2.29. The Labute approximate surface area is 104 Å². The number of imidazole rings is 1. The predicted molar refractivity (Wildman–Crippen MR) is 64.6 cm³/mol. The Kier molecular flexibility index (Phi) is 2.62. The molecule has 6 nitrogen and oxygen atoms in total. The van der Waals surface area contributed by atoms with Gasteiger partial charge in [0.1, 0.15) is 0 Å². The van der Waals surface area contributed by atoms with Gasteiger partial charge in [-0.1, -0.05) is 0 Å². The van der Waals surface area contributed by atoms with Crippen molar-refractivity contribution in [1.29, 1.82) is 0 Å². The van der Waals surface area contributed by atoms with Crippen molar-refractivity contribution in [2.24, 2.45) is 0 Å². The van der Waals surface area contributed by atoms with E-state index in [0.717, 1.165) is 24.1 Å². The van der Waals surface area contributed by atoms with Crippen LogP contribution < -0.4 is 0 Å². The van der Waals surface area contributed by atoms with Crippen molar-refractivity contribution in [1.82, 2.24) is 19.3 Å². The molecule has 1 fully saturated rings. The van der Waals surface area contributed by atoms with E-state index in [0.29, 0.717) is 19.0 Å². The fraction of sp³-hybridized carbons (Fsp3) is 0.417. The van der Waals surface area contributed by atoms with Crippen LogP contribution in [0.1, 0.15) is 24.5 Å². The number of hydrogen-bond acceptors (Lipinski definition) is 3. The summed E-state index contributed by atoms with van der Waals surface area (Å²) in [5, 5.41) is 8.92. The van der Waals surface area contributed by atoms with Gasteiger partial charge in [-0.25, -0.2) is 9.78 Å². The highest BCUT2D eigenvalue weighted by Gasteiger charge is 2.25. The molecule has 3 rings (SSSR count). The number of aromatic nitrogens is 3. The van der Waals surface area contributed by atoms with Gasteiger partial charge in [0.05, 0.1) is 23.7 Å². The Morgan fingerprint density at radius 1 is 1.39 bits per heavy atom. The van der Waals surface area contributed by atoms with Crippen LogP contribution in [0.4, 0.5) is 4.79 Å². The lowest BCUT2D eigenvalue weighted by molar-refractivity contribution is 0.132. The summed E-state index contributed by atoms with van der Waals surface area (Å²) in [5.74, 6) is 0.329. The Morgan fingerprint density at radius 3 is 2.89 bits per heavy atom. The number of fused-ring (bicyclic) bond motifs is 1. The van der Waals surface area contributed by atoms with E-state index < -0.39 is 6.09 Å². The van der Waals surface area contributed by atoms with E-state index in [1.807, 2.05) is 16.8 Å². The van der Waals surface area contributed by atoms with Crippen molar-refractivity contribution in [3.8, 4) is 0 Å². The molecule has 0 atom stereocenters. The van der Waals surface area contributed by atoms with Crippen molar-refractivity contribution in [2.75, 3.05) is 13.1 Å². The summed E-state index contributed by atoms with van der Waals surface area (Å²) < 4.78 is 1.95. The average Bonchev–Trinajstić information content (AvgIpc) is 2.82. The Bertz CT molecular complexity index is 572. The van der Waals surface area contributed by atoms with Gasteiger partial charge in [0.2, 0.25) is 0 Å². The van der Waals surface area contributed by atoms with Crippen LogP contribution >= 0.6 is 0 Å². The fourth-order valence-corrected chi connectivity index (χ4v) is 2.52. The van der Waals surface area contributed by atoms with E-state index in [-0.39, 0.29) is 0 Å². The third-order valence-electron chi connectivity index (χ3n) is 3.52. The number of hydrogen-bond donors (Lipinski definition) is 1. The first kappa shape index (κ1) is 11.0. The first-order valence-electron chi connectivity index (χ1n) is 6.00. The first-order chi connectivity index (χ1) is 8.75. The molecule has 3 heterocycles. The topological polar surface area (TPSA) is 70.7 Å². The molecular formula is C12H14N4O2. The Morgan fingerprint density at radius 2 is 2.17 bits per heavy atom. The molecule has 1 amide bonds. The molecule has 2 aromatic rings. The molecule has 18 heavy (non-hydrogen) atoms. The highest BCUT2D eigenvalue weighted by molar-refractivity contribution is 5.65. The zero-order valence-electron chi connectivity index (χ0n) is 9.86. The van der Waals surface area contributed by atoms with E-state index in [9.17, 15) is 4.79 Å². The third kappa shape index (κ3) is 1.79. The molecule has 1 aliphatic rings. The van der Waals surface area contributed by atoms with E-state index in [2.05, 4.69) is 9.97 Å². The summed E-state index contributed by atoms with van der Waals surface area (Å²) in [6, 6.07) is 0. The van der Waals surface area contributed by atoms with Gasteiger partial charge >= 0.3 is 6.09 Å². The van der Waals surface area contributed by atoms with Crippen molar-refractivity contribution in [3.63, 3.8) is 0 Å². The van der Waals surface area contributed by atoms with Crippen LogP contribution in [-0.2, 0) is 0 Å². The smallest absolute Gasteiger partial charge is 0.407 e. The van der Waals surface area contributed by atoms with Gasteiger partial charge in [0, 0.05) is 31.4 Å². The highest BCUT2D eigenvalue weighted by atomic mass is 16.4. The van der Waals surface area contributed by atoms with Crippen molar-refractivity contribution in [3.05, 3.63) is 30.6 Å². The molecule has 0 aliphatic carbocycles. The molecule has 94 valence electrons. The molecule has 2 aromatic heterocycles. The van der Waals surface area contributed by atoms with Crippen LogP contribution in [-0.4, -0.2) is 43.6 Å². The molecule has 0 bridgehead atoms. The zero-order chi connectivity index (χ0) is 12.5. The molecule has 0 aromatic carbocycles. The average molecular weight is 246 g/mol. The minimum absolute atomic E-state index is 0.329. The minimum atomic E-state index is -0.829. The molecule has 0 saturated carbocycles. The zero-order valence-corrected chi connectivity index (χ0v) is 9.86. The number of rotatable bonds is 1. The van der Waals surface area contributed by atoms with E-state index in [1.54, 1.807) is 12.5 Å². The Hall–Kier alpha value is -2.11. The third-order valence-corrected chi connectivity index (χ3v) is 3.52. The van der Waals surface area contributed by atoms with Gasteiger partial charge < -0.3 is 14.4 Å². The van der Waals surface area contributed by atoms with Crippen LogP contribution in [0, 0.1) is 0 Å². The molecule has 0 unspecified atom stereocenters. The standard InChI is InChI=1S/C12H14N4O2/c17-12(18)15-4-1-9(2-5-15)11-10-7-13-3-6-16(10)8-14-11/h3,6-9H,1-2,4-5H2,(H,17,18). The number of carbonyl (C=O) groups is 1. The SMILES string of the molecule is O=C(O)N1CCC(c2ncn3ccncc23)CC1. The first-order valence-corrected chi connectivity index (χ1v) is 6.00. The van der Waals surface area contributed by atoms with Crippen molar-refractivity contribution >= 4 is 11.6 Å². The molecule has 0 radical (unpaired) electrons. The molecule has 0 spiro atoms. The fourth-order valence-electron chi connectivity index (χ4n) is 2.52. The van der Waals surface area contributed by atoms with Crippen molar-refractivity contribution in [2.45, 2.75) is 18.8 Å². The van der Waals surface area contributed by atoms with Gasteiger partial charge in [-0.2, -0.15) is 0 Å². The normalized spacial score (nSPS) is 17.2. The molecule has 1 saturated heterocycles. The largest absolute Gasteiger partial charge is 0.465 e. The van der Waals surface area contributed by atoms with Gasteiger partial charge in [0.25, 0.3) is 0 Å². The summed E-state index contributed by atoms with van der Waals surface area (Å²) in [6.07, 6.45) is 8.03. The van der Waals surface area contributed by atoms with Crippen LogP contribution in [0.2, 0.25) is 0 Å². The summed E-state index contributed by atoms with van der Waals surface area (Å²) >= 11 is 0. The van der Waals surface area contributed by atoms with Crippen LogP contribution in [0.5, 0.6) is 0 Å². The van der Waals surface area contributed by atoms with Crippen LogP contribution in [0.25, 0.3) is 5.52 Å². The number of nitrogens with zero attached hydrogens (tertiary/aromatic N) is 4. The van der Waals surface area contributed by atoms with E-state index in [4.69, 9.17) is 5.11 Å². The lowest BCUT2D eigenvalue weighted by Crippen LogP contribution is -2.36. The highest BCUT2D eigenvalue weighted by Crippen LogP contribution is 2.29. The molecule has 6 heteroatoms. The van der Waals surface area contributed by atoms with Crippen LogP contribution in [0.3, 0.4) is 0 Å². The van der Waals surface area contributed by atoms with Crippen molar-refractivity contribution < 1.29 is 9.90 Å². The number of amides is 1. The van der Waals surface area contributed by atoms with Gasteiger partial charge in [0.15, 0.2) is 0 Å². The van der Waals surface area contributed by atoms with Gasteiger partial charge in [-0.15, -0.1) is 0 Å². The maximum atomic E-state index is 10.9. The molecular weight excluding hydrogens is 232 g/mol. The summed E-state index contributed by atoms with van der Waals surface area (Å²) in [7, 11) is 0. The maximum absolute atomic E-state index is 10.9. The molecule has 1 aliphatic heterocycles. The Balaban J connectivity index is 1.82. The van der Waals surface area contributed by atoms with E-state index in [1.165, 1.54) is 4.90 Å². The number of carboxylic acid groups (broad SMARTS) is 1. The second-order valence-corrected chi connectivity index (χ2v) is 4.54. The number of piperidine rings is 1. The van der Waals surface area contributed by atoms with Gasteiger partial charge in [-0.3, -0.25) is 4.98 Å². The maximum Gasteiger partial charge on any atom is 0.407 e. The minimum Gasteiger partial charge on any atom is -0.465 e.